The Morgan fingerprint density at radius 2 is 2.38 bits per heavy atom. The minimum atomic E-state index is -0.401. The Labute approximate surface area is 86.9 Å². The van der Waals surface area contributed by atoms with Gasteiger partial charge in [0.05, 0.1) is 22.5 Å². The summed E-state index contributed by atoms with van der Waals surface area (Å²) in [6, 6.07) is 0. The Morgan fingerprint density at radius 1 is 1.69 bits per heavy atom. The van der Waals surface area contributed by atoms with E-state index >= 15 is 0 Å². The highest BCUT2D eigenvalue weighted by Crippen LogP contribution is 2.25. The second-order valence-corrected chi connectivity index (χ2v) is 4.01. The molecule has 0 aliphatic carbocycles. The van der Waals surface area contributed by atoms with Gasteiger partial charge < -0.3 is 5.11 Å². The van der Waals surface area contributed by atoms with Crippen LogP contribution in [-0.4, -0.2) is 14.9 Å². The molecule has 0 saturated heterocycles. The number of aryl methyl sites for hydroxylation is 1. The second-order valence-electron chi connectivity index (χ2n) is 3.16. The summed E-state index contributed by atoms with van der Waals surface area (Å²) >= 11 is 3.37. The Morgan fingerprint density at radius 3 is 2.85 bits per heavy atom. The predicted octanol–water partition coefficient (Wildman–Crippen LogP) is 2.41. The number of hydrogen-bond donors (Lipinski definition) is 1. The van der Waals surface area contributed by atoms with Crippen molar-refractivity contribution in [1.29, 1.82) is 0 Å². The largest absolute Gasteiger partial charge is 0.387 e. The Hall–Kier alpha value is -0.350. The van der Waals surface area contributed by atoms with Crippen molar-refractivity contribution in [3.63, 3.8) is 0 Å². The molecule has 0 bridgehead atoms. The van der Waals surface area contributed by atoms with Gasteiger partial charge in [0.15, 0.2) is 0 Å². The number of halogens is 1. The molecule has 1 aromatic heterocycles. The van der Waals surface area contributed by atoms with Gasteiger partial charge in [-0.2, -0.15) is 5.10 Å². The van der Waals surface area contributed by atoms with Crippen LogP contribution in [0.15, 0.2) is 10.7 Å². The zero-order valence-electron chi connectivity index (χ0n) is 8.00. The van der Waals surface area contributed by atoms with Crippen LogP contribution in [0.1, 0.15) is 38.0 Å². The van der Waals surface area contributed by atoms with Gasteiger partial charge in [0.25, 0.3) is 0 Å². The first kappa shape index (κ1) is 10.7. The van der Waals surface area contributed by atoms with Crippen LogP contribution in [0.25, 0.3) is 0 Å². The molecule has 1 aromatic rings. The summed E-state index contributed by atoms with van der Waals surface area (Å²) in [5, 5.41) is 13.9. The van der Waals surface area contributed by atoms with Gasteiger partial charge in [0, 0.05) is 7.05 Å². The molecule has 1 N–H and O–H groups in total. The molecule has 0 aromatic carbocycles. The van der Waals surface area contributed by atoms with Crippen molar-refractivity contribution in [2.24, 2.45) is 7.05 Å². The smallest absolute Gasteiger partial charge is 0.0968 e. The third kappa shape index (κ3) is 2.54. The molecule has 0 radical (unpaired) electrons. The van der Waals surface area contributed by atoms with Crippen molar-refractivity contribution in [2.45, 2.75) is 32.3 Å². The van der Waals surface area contributed by atoms with Gasteiger partial charge in [0.1, 0.15) is 0 Å². The molecule has 0 saturated carbocycles. The van der Waals surface area contributed by atoms with Gasteiger partial charge in [-0.15, -0.1) is 0 Å². The first-order valence-corrected chi connectivity index (χ1v) is 5.31. The number of aliphatic hydroxyl groups is 1. The number of unbranched alkanes of at least 4 members (excludes halogenated alkanes) is 1. The molecule has 0 aliphatic rings. The van der Waals surface area contributed by atoms with Gasteiger partial charge in [-0.1, -0.05) is 19.8 Å². The van der Waals surface area contributed by atoms with E-state index in [1.807, 2.05) is 7.05 Å². The minimum Gasteiger partial charge on any atom is -0.387 e. The number of rotatable bonds is 4. The summed E-state index contributed by atoms with van der Waals surface area (Å²) in [5.74, 6) is 0. The Kier molecular flexibility index (Phi) is 3.93. The van der Waals surface area contributed by atoms with Crippen LogP contribution >= 0.6 is 15.9 Å². The molecule has 0 spiro atoms. The summed E-state index contributed by atoms with van der Waals surface area (Å²) in [4.78, 5) is 0. The van der Waals surface area contributed by atoms with Gasteiger partial charge in [-0.25, -0.2) is 0 Å². The van der Waals surface area contributed by atoms with E-state index in [0.29, 0.717) is 0 Å². The number of hydrogen-bond acceptors (Lipinski definition) is 2. The van der Waals surface area contributed by atoms with E-state index in [9.17, 15) is 5.11 Å². The van der Waals surface area contributed by atoms with E-state index in [4.69, 9.17) is 0 Å². The lowest BCUT2D eigenvalue weighted by atomic mass is 10.1. The van der Waals surface area contributed by atoms with Crippen LogP contribution in [0.2, 0.25) is 0 Å². The average molecular weight is 247 g/mol. The maximum absolute atomic E-state index is 9.81. The van der Waals surface area contributed by atoms with Crippen LogP contribution in [0, 0.1) is 0 Å². The molecular formula is C9H15BrN2O. The zero-order chi connectivity index (χ0) is 9.84. The summed E-state index contributed by atoms with van der Waals surface area (Å²) in [5.41, 5.74) is 0.869. The highest BCUT2D eigenvalue weighted by atomic mass is 79.9. The van der Waals surface area contributed by atoms with Crippen LogP contribution in [0.4, 0.5) is 0 Å². The molecule has 1 heterocycles. The maximum atomic E-state index is 9.81. The zero-order valence-corrected chi connectivity index (χ0v) is 9.58. The van der Waals surface area contributed by atoms with E-state index in [2.05, 4.69) is 28.0 Å². The second kappa shape index (κ2) is 4.77. The van der Waals surface area contributed by atoms with Crippen LogP contribution in [0.3, 0.4) is 0 Å². The first-order valence-electron chi connectivity index (χ1n) is 4.52. The molecule has 13 heavy (non-hydrogen) atoms. The average Bonchev–Trinajstić information content (AvgIpc) is 2.42. The molecule has 0 aliphatic heterocycles. The normalized spacial score (nSPS) is 13.2. The van der Waals surface area contributed by atoms with Crippen molar-refractivity contribution in [1.82, 2.24) is 9.78 Å². The maximum Gasteiger partial charge on any atom is 0.0968 e. The van der Waals surface area contributed by atoms with Crippen LogP contribution in [-0.2, 0) is 7.05 Å². The molecular weight excluding hydrogens is 232 g/mol. The predicted molar refractivity (Wildman–Crippen MR) is 55.4 cm³/mol. The fourth-order valence-corrected chi connectivity index (χ4v) is 1.94. The molecule has 74 valence electrons. The highest BCUT2D eigenvalue weighted by molar-refractivity contribution is 9.10. The lowest BCUT2D eigenvalue weighted by Crippen LogP contribution is -2.05. The van der Waals surface area contributed by atoms with Crippen molar-refractivity contribution < 1.29 is 5.11 Å². The van der Waals surface area contributed by atoms with E-state index in [0.717, 1.165) is 29.4 Å². The number of aliphatic hydroxyl groups excluding tert-OH is 1. The van der Waals surface area contributed by atoms with Gasteiger partial charge in [-0.05, 0) is 22.4 Å². The number of nitrogens with zero attached hydrogens (tertiary/aromatic N) is 2. The van der Waals surface area contributed by atoms with Crippen molar-refractivity contribution in [3.05, 3.63) is 16.4 Å². The van der Waals surface area contributed by atoms with Gasteiger partial charge >= 0.3 is 0 Å². The summed E-state index contributed by atoms with van der Waals surface area (Å²) in [6.07, 6.45) is 4.26. The summed E-state index contributed by atoms with van der Waals surface area (Å²) < 4.78 is 2.60. The van der Waals surface area contributed by atoms with Crippen molar-refractivity contribution >= 4 is 15.9 Å². The van der Waals surface area contributed by atoms with Gasteiger partial charge in [0.2, 0.25) is 0 Å². The van der Waals surface area contributed by atoms with E-state index in [1.54, 1.807) is 10.9 Å². The standard InChI is InChI=1S/C9H15BrN2O/c1-3-4-5-8(13)9-7(10)6-11-12(9)2/h6,8,13H,3-5H2,1-2H3. The summed E-state index contributed by atoms with van der Waals surface area (Å²) in [7, 11) is 1.84. The van der Waals surface area contributed by atoms with Crippen molar-refractivity contribution in [3.8, 4) is 0 Å². The quantitative estimate of drug-likeness (QED) is 0.887. The Bertz CT molecular complexity index is 253. The monoisotopic (exact) mass is 246 g/mol. The lowest BCUT2D eigenvalue weighted by molar-refractivity contribution is 0.154. The summed E-state index contributed by atoms with van der Waals surface area (Å²) in [6.45, 7) is 2.12. The molecule has 0 amide bonds. The molecule has 1 unspecified atom stereocenters. The third-order valence-electron chi connectivity index (χ3n) is 2.08. The molecule has 3 nitrogen and oxygen atoms in total. The van der Waals surface area contributed by atoms with Gasteiger partial charge in [-0.3, -0.25) is 4.68 Å². The molecule has 1 atom stereocenters. The highest BCUT2D eigenvalue weighted by Gasteiger charge is 2.14. The third-order valence-corrected chi connectivity index (χ3v) is 2.70. The molecule has 1 rings (SSSR count). The van der Waals surface area contributed by atoms with E-state index < -0.39 is 6.10 Å². The van der Waals surface area contributed by atoms with E-state index in [-0.39, 0.29) is 0 Å². The van der Waals surface area contributed by atoms with Crippen LogP contribution in [0.5, 0.6) is 0 Å². The molecule has 0 fully saturated rings. The minimum absolute atomic E-state index is 0.401. The topological polar surface area (TPSA) is 38.1 Å². The SMILES string of the molecule is CCCCC(O)c1c(Br)cnn1C. The van der Waals surface area contributed by atoms with E-state index in [1.165, 1.54) is 0 Å². The molecule has 4 heteroatoms. The Balaban J connectivity index is 2.69. The number of aromatic nitrogens is 2. The first-order chi connectivity index (χ1) is 6.16. The lowest BCUT2D eigenvalue weighted by Gasteiger charge is -2.10. The van der Waals surface area contributed by atoms with Crippen molar-refractivity contribution in [2.75, 3.05) is 0 Å². The fourth-order valence-electron chi connectivity index (χ4n) is 1.33. The van der Waals surface area contributed by atoms with Crippen LogP contribution < -0.4 is 0 Å². The fraction of sp³-hybridized carbons (Fsp3) is 0.667.